The van der Waals surface area contributed by atoms with Crippen LogP contribution in [-0.2, 0) is 9.84 Å². The summed E-state index contributed by atoms with van der Waals surface area (Å²) in [5, 5.41) is 0.411. The maximum absolute atomic E-state index is 11.8. The van der Waals surface area contributed by atoms with Crippen molar-refractivity contribution in [2.24, 2.45) is 0 Å². The zero-order valence-electron chi connectivity index (χ0n) is 9.57. The van der Waals surface area contributed by atoms with Gasteiger partial charge >= 0.3 is 0 Å². The van der Waals surface area contributed by atoms with Gasteiger partial charge in [0.1, 0.15) is 15.6 Å². The van der Waals surface area contributed by atoms with E-state index in [1.807, 2.05) is 0 Å². The van der Waals surface area contributed by atoms with Gasteiger partial charge in [0.2, 0.25) is 0 Å². The molecule has 0 unspecified atom stereocenters. The van der Waals surface area contributed by atoms with Gasteiger partial charge in [-0.15, -0.1) is 0 Å². The number of hydrogen-bond donors (Lipinski definition) is 0. The van der Waals surface area contributed by atoms with Gasteiger partial charge in [-0.3, -0.25) is 4.79 Å². The summed E-state index contributed by atoms with van der Waals surface area (Å²) in [6, 6.07) is 4.66. The normalized spacial score (nSPS) is 11.2. The molecule has 0 heterocycles. The minimum atomic E-state index is -3.15. The van der Waals surface area contributed by atoms with E-state index in [4.69, 9.17) is 16.3 Å². The first-order chi connectivity index (χ1) is 7.83. The van der Waals surface area contributed by atoms with E-state index < -0.39 is 9.84 Å². The zero-order chi connectivity index (χ0) is 13.1. The molecule has 0 spiro atoms. The summed E-state index contributed by atoms with van der Waals surface area (Å²) >= 11 is 5.78. The van der Waals surface area contributed by atoms with E-state index in [1.165, 1.54) is 13.2 Å². The highest BCUT2D eigenvalue weighted by atomic mass is 35.5. The molecule has 0 radical (unpaired) electrons. The fraction of sp³-hybridized carbons (Fsp3) is 0.364. The largest absolute Gasteiger partial charge is 0.496 e. The average molecular weight is 277 g/mol. The number of carbonyl (C=O) groups is 1. The molecule has 6 heteroatoms. The van der Waals surface area contributed by atoms with Crippen molar-refractivity contribution in [2.75, 3.05) is 19.1 Å². The molecule has 0 fully saturated rings. The number of rotatable bonds is 5. The van der Waals surface area contributed by atoms with Gasteiger partial charge in [0.05, 0.1) is 18.4 Å². The Bertz CT molecular complexity index is 522. The minimum Gasteiger partial charge on any atom is -0.496 e. The van der Waals surface area contributed by atoms with Crippen LogP contribution in [0.25, 0.3) is 0 Å². The van der Waals surface area contributed by atoms with Crippen LogP contribution in [0.3, 0.4) is 0 Å². The summed E-state index contributed by atoms with van der Waals surface area (Å²) in [4.78, 5) is 11.8. The number of hydrogen-bond acceptors (Lipinski definition) is 4. The van der Waals surface area contributed by atoms with E-state index in [1.54, 1.807) is 12.1 Å². The highest BCUT2D eigenvalue weighted by Crippen LogP contribution is 2.23. The number of sulfone groups is 1. The van der Waals surface area contributed by atoms with Crippen LogP contribution in [-0.4, -0.2) is 33.3 Å². The lowest BCUT2D eigenvalue weighted by atomic mass is 10.1. The number of Topliss-reactive ketones (excluding diaryl/α,β-unsaturated/α-hetero) is 1. The lowest BCUT2D eigenvalue weighted by Crippen LogP contribution is -2.10. The summed E-state index contributed by atoms with van der Waals surface area (Å²) in [6.45, 7) is 0. The van der Waals surface area contributed by atoms with Gasteiger partial charge in [-0.25, -0.2) is 8.42 Å². The third-order valence-corrected chi connectivity index (χ3v) is 3.34. The van der Waals surface area contributed by atoms with Crippen LogP contribution in [0.15, 0.2) is 18.2 Å². The molecule has 0 N–H and O–H groups in total. The Hall–Kier alpha value is -1.07. The molecule has 94 valence electrons. The predicted molar refractivity (Wildman–Crippen MR) is 66.7 cm³/mol. The van der Waals surface area contributed by atoms with E-state index in [9.17, 15) is 13.2 Å². The minimum absolute atomic E-state index is 0.0739. The number of ketones is 1. The highest BCUT2D eigenvalue weighted by Gasteiger charge is 2.15. The van der Waals surface area contributed by atoms with Crippen molar-refractivity contribution in [3.63, 3.8) is 0 Å². The Morgan fingerprint density at radius 3 is 2.59 bits per heavy atom. The molecule has 0 saturated carbocycles. The monoisotopic (exact) mass is 276 g/mol. The molecule has 17 heavy (non-hydrogen) atoms. The first kappa shape index (κ1) is 14.0. The second-order valence-electron chi connectivity index (χ2n) is 3.65. The smallest absolute Gasteiger partial charge is 0.167 e. The summed E-state index contributed by atoms with van der Waals surface area (Å²) in [5.41, 5.74) is 0.309. The number of benzene rings is 1. The fourth-order valence-corrected chi connectivity index (χ4v) is 2.04. The van der Waals surface area contributed by atoms with E-state index in [-0.39, 0.29) is 18.0 Å². The van der Waals surface area contributed by atoms with Crippen molar-refractivity contribution in [3.05, 3.63) is 28.8 Å². The molecule has 1 aromatic rings. The van der Waals surface area contributed by atoms with Gasteiger partial charge in [-0.2, -0.15) is 0 Å². The first-order valence-corrected chi connectivity index (χ1v) is 7.32. The molecule has 1 rings (SSSR count). The molecule has 0 bridgehead atoms. The molecule has 0 saturated heterocycles. The molecule has 0 aliphatic rings. The number of ether oxygens (including phenoxy) is 1. The maximum atomic E-state index is 11.8. The third kappa shape index (κ3) is 4.36. The molecule has 0 amide bonds. The van der Waals surface area contributed by atoms with E-state index in [0.717, 1.165) is 6.26 Å². The van der Waals surface area contributed by atoms with Crippen molar-refractivity contribution in [1.82, 2.24) is 0 Å². The van der Waals surface area contributed by atoms with Crippen LogP contribution >= 0.6 is 11.6 Å². The molecule has 0 atom stereocenters. The van der Waals surface area contributed by atoms with E-state index >= 15 is 0 Å². The zero-order valence-corrected chi connectivity index (χ0v) is 11.1. The average Bonchev–Trinajstić information content (AvgIpc) is 2.25. The maximum Gasteiger partial charge on any atom is 0.167 e. The van der Waals surface area contributed by atoms with Gasteiger partial charge in [-0.1, -0.05) is 11.6 Å². The number of methoxy groups -OCH3 is 1. The summed E-state index contributed by atoms with van der Waals surface area (Å²) in [7, 11) is -1.71. The second-order valence-corrected chi connectivity index (χ2v) is 6.34. The quantitative estimate of drug-likeness (QED) is 0.772. The van der Waals surface area contributed by atoms with Gasteiger partial charge in [0, 0.05) is 17.7 Å². The Kier molecular flexibility index (Phi) is 4.54. The van der Waals surface area contributed by atoms with Crippen LogP contribution in [0, 0.1) is 0 Å². The van der Waals surface area contributed by atoms with Crippen molar-refractivity contribution in [3.8, 4) is 5.75 Å². The number of halogens is 1. The Morgan fingerprint density at radius 1 is 1.41 bits per heavy atom. The lowest BCUT2D eigenvalue weighted by Gasteiger charge is -2.07. The van der Waals surface area contributed by atoms with Crippen LogP contribution < -0.4 is 4.74 Å². The Labute approximate surface area is 105 Å². The molecule has 0 aliphatic heterocycles. The lowest BCUT2D eigenvalue weighted by molar-refractivity contribution is 0.0986. The van der Waals surface area contributed by atoms with Gasteiger partial charge in [0.15, 0.2) is 5.78 Å². The van der Waals surface area contributed by atoms with Crippen LogP contribution in [0.5, 0.6) is 5.75 Å². The topological polar surface area (TPSA) is 60.4 Å². The predicted octanol–water partition coefficient (Wildman–Crippen LogP) is 1.97. The Morgan fingerprint density at radius 2 is 2.06 bits per heavy atom. The van der Waals surface area contributed by atoms with Crippen LogP contribution in [0.1, 0.15) is 16.8 Å². The van der Waals surface area contributed by atoms with Gasteiger partial charge in [-0.05, 0) is 18.2 Å². The fourth-order valence-electron chi connectivity index (χ4n) is 1.31. The standard InChI is InChI=1S/C11H13ClO4S/c1-16-11-4-3-8(12)7-9(11)10(13)5-6-17(2,14)15/h3-4,7H,5-6H2,1-2H3. The van der Waals surface area contributed by atoms with Crippen molar-refractivity contribution in [2.45, 2.75) is 6.42 Å². The Balaban J connectivity index is 2.92. The summed E-state index contributed by atoms with van der Waals surface area (Å²) < 4.78 is 27.0. The van der Waals surface area contributed by atoms with E-state index in [0.29, 0.717) is 16.3 Å². The molecular formula is C11H13ClO4S. The van der Waals surface area contributed by atoms with Crippen LogP contribution in [0.2, 0.25) is 5.02 Å². The first-order valence-electron chi connectivity index (χ1n) is 4.88. The van der Waals surface area contributed by atoms with Crippen LogP contribution in [0.4, 0.5) is 0 Å². The second kappa shape index (κ2) is 5.51. The molecule has 4 nitrogen and oxygen atoms in total. The molecule has 0 aromatic heterocycles. The van der Waals surface area contributed by atoms with Crippen molar-refractivity contribution < 1.29 is 17.9 Å². The SMILES string of the molecule is COc1ccc(Cl)cc1C(=O)CCS(C)(=O)=O. The third-order valence-electron chi connectivity index (χ3n) is 2.16. The van der Waals surface area contributed by atoms with Gasteiger partial charge in [0.25, 0.3) is 0 Å². The molecular weight excluding hydrogens is 264 g/mol. The van der Waals surface area contributed by atoms with Crippen molar-refractivity contribution >= 4 is 27.2 Å². The highest BCUT2D eigenvalue weighted by molar-refractivity contribution is 7.90. The summed E-state index contributed by atoms with van der Waals surface area (Å²) in [6.07, 6.45) is 1.02. The molecule has 0 aliphatic carbocycles. The molecule has 1 aromatic carbocycles. The van der Waals surface area contributed by atoms with Crippen molar-refractivity contribution in [1.29, 1.82) is 0 Å². The summed E-state index contributed by atoms with van der Waals surface area (Å²) in [5.74, 6) is -0.0794. The van der Waals surface area contributed by atoms with Gasteiger partial charge < -0.3 is 4.74 Å². The number of carbonyl (C=O) groups excluding carboxylic acids is 1. The van der Waals surface area contributed by atoms with E-state index in [2.05, 4.69) is 0 Å².